The fourth-order valence-corrected chi connectivity index (χ4v) is 5.59. The highest BCUT2D eigenvalue weighted by Gasteiger charge is 2.34. The van der Waals surface area contributed by atoms with Gasteiger partial charge in [-0.3, -0.25) is 4.79 Å². The van der Waals surface area contributed by atoms with Gasteiger partial charge in [0.1, 0.15) is 12.6 Å². The van der Waals surface area contributed by atoms with Gasteiger partial charge >= 0.3 is 12.1 Å². The van der Waals surface area contributed by atoms with Crippen LogP contribution in [-0.2, 0) is 14.3 Å². The average Bonchev–Trinajstić information content (AvgIpc) is 3.43. The molecule has 1 aliphatic carbocycles. The fraction of sp³-hybridized carbons (Fsp3) is 0.400. The second-order valence-corrected chi connectivity index (χ2v) is 9.57. The largest absolute Gasteiger partial charge is 0.480 e. The maximum absolute atomic E-state index is 12.4. The van der Waals surface area contributed by atoms with Gasteiger partial charge in [0.2, 0.25) is 5.91 Å². The summed E-state index contributed by atoms with van der Waals surface area (Å²) in [4.78, 5) is 37.4. The van der Waals surface area contributed by atoms with Gasteiger partial charge in [0.15, 0.2) is 0 Å². The number of nitrogens with one attached hydrogen (secondary N) is 1. The molecular formula is C25H28N2O5S. The number of amides is 2. The molecule has 4 rings (SSSR count). The van der Waals surface area contributed by atoms with Gasteiger partial charge in [-0.25, -0.2) is 9.59 Å². The molecule has 1 saturated heterocycles. The number of carbonyl (C=O) groups excluding carboxylic acids is 2. The lowest BCUT2D eigenvalue weighted by molar-refractivity contribution is -0.147. The van der Waals surface area contributed by atoms with Crippen molar-refractivity contribution in [1.82, 2.24) is 10.2 Å². The van der Waals surface area contributed by atoms with Gasteiger partial charge in [0, 0.05) is 24.6 Å². The Kier molecular flexibility index (Phi) is 7.23. The van der Waals surface area contributed by atoms with Crippen molar-refractivity contribution in [3.05, 3.63) is 59.7 Å². The fourth-order valence-electron chi connectivity index (χ4n) is 4.42. The minimum absolute atomic E-state index is 0.0127. The van der Waals surface area contributed by atoms with Crippen molar-refractivity contribution in [2.75, 3.05) is 24.8 Å². The van der Waals surface area contributed by atoms with E-state index in [1.165, 1.54) is 27.8 Å². The first-order chi connectivity index (χ1) is 16.0. The number of nitrogens with zero attached hydrogens (tertiary/aromatic N) is 1. The first-order valence-electron chi connectivity index (χ1n) is 11.1. The van der Waals surface area contributed by atoms with E-state index < -0.39 is 18.1 Å². The van der Waals surface area contributed by atoms with E-state index >= 15 is 0 Å². The second kappa shape index (κ2) is 10.3. The van der Waals surface area contributed by atoms with Crippen LogP contribution < -0.4 is 5.32 Å². The molecule has 2 aromatic carbocycles. The van der Waals surface area contributed by atoms with Crippen LogP contribution >= 0.6 is 11.8 Å². The topological polar surface area (TPSA) is 95.9 Å². The van der Waals surface area contributed by atoms with Crippen LogP contribution in [-0.4, -0.2) is 58.8 Å². The SMILES string of the molecule is CC(CCC(=O)N1CSCC1C(=O)O)CNC(=O)OCC1c2ccccc2-c2ccccc21. The van der Waals surface area contributed by atoms with Crippen LogP contribution in [0, 0.1) is 5.92 Å². The van der Waals surface area contributed by atoms with Crippen LogP contribution in [0.3, 0.4) is 0 Å². The van der Waals surface area contributed by atoms with Crippen molar-refractivity contribution >= 4 is 29.7 Å². The number of alkyl carbamates (subject to hydrolysis) is 1. The normalized spacial score (nSPS) is 17.8. The molecular weight excluding hydrogens is 440 g/mol. The summed E-state index contributed by atoms with van der Waals surface area (Å²) in [5.41, 5.74) is 4.69. The number of thioether (sulfide) groups is 1. The molecule has 0 spiro atoms. The van der Waals surface area contributed by atoms with Gasteiger partial charge in [-0.15, -0.1) is 11.8 Å². The lowest BCUT2D eigenvalue weighted by Crippen LogP contribution is -2.41. The highest BCUT2D eigenvalue weighted by Crippen LogP contribution is 2.44. The van der Waals surface area contributed by atoms with E-state index in [1.54, 1.807) is 0 Å². The standard InChI is InChI=1S/C25H28N2O5S/c1-16(10-11-23(28)27-15-33-14-22(27)24(29)30)12-26-25(31)32-13-21-19-8-4-2-6-17(19)18-7-3-5-9-20(18)21/h2-9,16,21-22H,10-15H2,1H3,(H,26,31)(H,29,30). The Morgan fingerprint density at radius 1 is 1.12 bits per heavy atom. The maximum Gasteiger partial charge on any atom is 0.407 e. The second-order valence-electron chi connectivity index (χ2n) is 8.57. The molecule has 8 heteroatoms. The van der Waals surface area contributed by atoms with Crippen molar-refractivity contribution in [3.8, 4) is 11.1 Å². The molecule has 2 aromatic rings. The minimum atomic E-state index is -0.960. The Balaban J connectivity index is 1.22. The summed E-state index contributed by atoms with van der Waals surface area (Å²) < 4.78 is 5.54. The van der Waals surface area contributed by atoms with Crippen LogP contribution in [0.1, 0.15) is 36.8 Å². The van der Waals surface area contributed by atoms with E-state index in [4.69, 9.17) is 4.74 Å². The molecule has 1 aliphatic heterocycles. The van der Waals surface area contributed by atoms with E-state index in [9.17, 15) is 19.5 Å². The van der Waals surface area contributed by atoms with Crippen LogP contribution in [0.25, 0.3) is 11.1 Å². The van der Waals surface area contributed by atoms with Crippen LogP contribution in [0.4, 0.5) is 4.79 Å². The molecule has 2 N–H and O–H groups in total. The number of hydrogen-bond acceptors (Lipinski definition) is 5. The third kappa shape index (κ3) is 5.16. The van der Waals surface area contributed by atoms with E-state index in [0.29, 0.717) is 24.6 Å². The first kappa shape index (κ1) is 23.2. The minimum Gasteiger partial charge on any atom is -0.480 e. The Labute approximate surface area is 197 Å². The van der Waals surface area contributed by atoms with Gasteiger partial charge in [-0.1, -0.05) is 55.5 Å². The van der Waals surface area contributed by atoms with E-state index in [0.717, 1.165) is 11.1 Å². The Hall–Kier alpha value is -3.00. The molecule has 33 heavy (non-hydrogen) atoms. The van der Waals surface area contributed by atoms with Gasteiger partial charge < -0.3 is 20.1 Å². The molecule has 2 unspecified atom stereocenters. The molecule has 7 nitrogen and oxygen atoms in total. The Bertz CT molecular complexity index is 997. The highest BCUT2D eigenvalue weighted by atomic mass is 32.2. The molecule has 0 radical (unpaired) electrons. The van der Waals surface area contributed by atoms with Crippen molar-refractivity contribution in [3.63, 3.8) is 0 Å². The van der Waals surface area contributed by atoms with Crippen molar-refractivity contribution in [2.24, 2.45) is 5.92 Å². The number of carboxylic acid groups (broad SMARTS) is 1. The van der Waals surface area contributed by atoms with Gasteiger partial charge in [-0.2, -0.15) is 0 Å². The van der Waals surface area contributed by atoms with Crippen LogP contribution in [0.15, 0.2) is 48.5 Å². The summed E-state index contributed by atoms with van der Waals surface area (Å²) in [7, 11) is 0. The smallest absolute Gasteiger partial charge is 0.407 e. The molecule has 0 bridgehead atoms. The molecule has 174 valence electrons. The molecule has 1 heterocycles. The zero-order valence-electron chi connectivity index (χ0n) is 18.5. The number of hydrogen-bond donors (Lipinski definition) is 2. The monoisotopic (exact) mass is 468 g/mol. The van der Waals surface area contributed by atoms with E-state index in [-0.39, 0.29) is 30.8 Å². The number of fused-ring (bicyclic) bond motifs is 3. The van der Waals surface area contributed by atoms with Gasteiger partial charge in [-0.05, 0) is 34.6 Å². The summed E-state index contributed by atoms with van der Waals surface area (Å²) in [6.07, 6.45) is 0.352. The zero-order valence-corrected chi connectivity index (χ0v) is 19.3. The molecule has 2 atom stereocenters. The third-order valence-electron chi connectivity index (χ3n) is 6.28. The van der Waals surface area contributed by atoms with Gasteiger partial charge in [0.05, 0.1) is 5.88 Å². The molecule has 2 amide bonds. The number of benzene rings is 2. The predicted molar refractivity (Wildman–Crippen MR) is 127 cm³/mol. The average molecular weight is 469 g/mol. The Morgan fingerprint density at radius 3 is 2.39 bits per heavy atom. The summed E-state index contributed by atoms with van der Waals surface area (Å²) in [5.74, 6) is -0.187. The number of ether oxygens (including phenoxy) is 1. The number of rotatable bonds is 8. The summed E-state index contributed by atoms with van der Waals surface area (Å²) >= 11 is 1.45. The zero-order chi connectivity index (χ0) is 23.4. The predicted octanol–water partition coefficient (Wildman–Crippen LogP) is 3.93. The van der Waals surface area contributed by atoms with Crippen molar-refractivity contribution < 1.29 is 24.2 Å². The van der Waals surface area contributed by atoms with E-state index in [1.807, 2.05) is 31.2 Å². The summed E-state index contributed by atoms with van der Waals surface area (Å²) in [5, 5.41) is 12.0. The van der Waals surface area contributed by atoms with Crippen molar-refractivity contribution in [2.45, 2.75) is 31.7 Å². The first-order valence-corrected chi connectivity index (χ1v) is 12.3. The molecule has 2 aliphatic rings. The van der Waals surface area contributed by atoms with Crippen LogP contribution in [0.5, 0.6) is 0 Å². The molecule has 0 aromatic heterocycles. The quantitative estimate of drug-likeness (QED) is 0.610. The maximum atomic E-state index is 12.4. The Morgan fingerprint density at radius 2 is 1.76 bits per heavy atom. The van der Waals surface area contributed by atoms with E-state index in [2.05, 4.69) is 29.6 Å². The van der Waals surface area contributed by atoms with Crippen LogP contribution in [0.2, 0.25) is 0 Å². The molecule has 1 fully saturated rings. The lowest BCUT2D eigenvalue weighted by Gasteiger charge is -2.21. The lowest BCUT2D eigenvalue weighted by atomic mass is 9.98. The summed E-state index contributed by atoms with van der Waals surface area (Å²) in [6, 6.07) is 15.6. The number of aliphatic carboxylic acids is 1. The highest BCUT2D eigenvalue weighted by molar-refractivity contribution is 7.99. The summed E-state index contributed by atoms with van der Waals surface area (Å²) in [6.45, 7) is 2.60. The number of carbonyl (C=O) groups is 3. The molecule has 0 saturated carbocycles. The van der Waals surface area contributed by atoms with Gasteiger partial charge in [0.25, 0.3) is 0 Å². The third-order valence-corrected chi connectivity index (χ3v) is 7.29. The number of carboxylic acids is 1. The van der Waals surface area contributed by atoms with Crippen molar-refractivity contribution in [1.29, 1.82) is 0 Å².